The lowest BCUT2D eigenvalue weighted by molar-refractivity contribution is 1.27. The maximum atomic E-state index is 2.30. The van der Waals surface area contributed by atoms with Crippen LogP contribution >= 0.6 is 0 Å². The van der Waals surface area contributed by atoms with Gasteiger partial charge in [-0.3, -0.25) is 0 Å². The van der Waals surface area contributed by atoms with Crippen molar-refractivity contribution in [3.63, 3.8) is 0 Å². The van der Waals surface area contributed by atoms with Crippen LogP contribution in [0, 0.1) is 0 Å². The van der Waals surface area contributed by atoms with Gasteiger partial charge in [0.15, 0.2) is 0 Å². The molecule has 0 atom stereocenters. The summed E-state index contributed by atoms with van der Waals surface area (Å²) >= 11 is 0. The third-order valence-electron chi connectivity index (χ3n) is 3.69. The molecule has 0 aromatic heterocycles. The van der Waals surface area contributed by atoms with Gasteiger partial charge in [0.25, 0.3) is 0 Å². The van der Waals surface area contributed by atoms with E-state index < -0.39 is 0 Å². The Balaban J connectivity index is 1.86. The Hall–Kier alpha value is -2.34. The molecule has 0 aliphatic heterocycles. The number of rotatable bonds is 3. The van der Waals surface area contributed by atoms with E-state index in [0.717, 1.165) is 6.42 Å². The van der Waals surface area contributed by atoms with Crippen molar-refractivity contribution in [2.45, 2.75) is 13.3 Å². The number of hydrogen-bond donors (Lipinski definition) is 0. The van der Waals surface area contributed by atoms with E-state index in [1.54, 1.807) is 0 Å². The number of hydrogen-bond acceptors (Lipinski definition) is 0. The summed E-state index contributed by atoms with van der Waals surface area (Å²) in [6, 6.07) is 25.8. The Bertz CT molecular complexity index is 736. The molecule has 0 bridgehead atoms. The quantitative estimate of drug-likeness (QED) is 0.583. The second-order valence-electron chi connectivity index (χ2n) is 5.14. The molecule has 0 unspecified atom stereocenters. The molecule has 3 aromatic rings. The number of fused-ring (bicyclic) bond motifs is 1. The van der Waals surface area contributed by atoms with Gasteiger partial charge in [-0.15, -0.1) is 0 Å². The zero-order chi connectivity index (χ0) is 13.8. The van der Waals surface area contributed by atoms with Crippen molar-refractivity contribution >= 4 is 16.3 Å². The lowest BCUT2D eigenvalue weighted by Crippen LogP contribution is -1.84. The first-order chi connectivity index (χ1) is 9.83. The predicted molar refractivity (Wildman–Crippen MR) is 87.7 cm³/mol. The Morgan fingerprint density at radius 1 is 0.800 bits per heavy atom. The van der Waals surface area contributed by atoms with Crippen LogP contribution in [0.3, 0.4) is 0 Å². The lowest BCUT2D eigenvalue weighted by atomic mass is 10.0. The van der Waals surface area contributed by atoms with Crippen molar-refractivity contribution in [1.29, 1.82) is 0 Å². The molecule has 3 aromatic carbocycles. The van der Waals surface area contributed by atoms with Crippen LogP contribution in [0.25, 0.3) is 16.3 Å². The van der Waals surface area contributed by atoms with Crippen LogP contribution < -0.4 is 0 Å². The van der Waals surface area contributed by atoms with Gasteiger partial charge in [-0.1, -0.05) is 72.8 Å². The molecule has 0 radical (unpaired) electrons. The largest absolute Gasteiger partial charge is 0.0766 e. The van der Waals surface area contributed by atoms with Gasteiger partial charge in [0.1, 0.15) is 0 Å². The molecule has 3 rings (SSSR count). The van der Waals surface area contributed by atoms with E-state index in [2.05, 4.69) is 85.8 Å². The average Bonchev–Trinajstić information content (AvgIpc) is 2.53. The summed E-state index contributed by atoms with van der Waals surface area (Å²) < 4.78 is 0. The van der Waals surface area contributed by atoms with E-state index in [4.69, 9.17) is 0 Å². The first-order valence-electron chi connectivity index (χ1n) is 7.03. The highest BCUT2D eigenvalue weighted by Gasteiger charge is 1.98. The summed E-state index contributed by atoms with van der Waals surface area (Å²) in [6.45, 7) is 2.19. The zero-order valence-corrected chi connectivity index (χ0v) is 11.7. The first kappa shape index (κ1) is 12.7. The van der Waals surface area contributed by atoms with Crippen LogP contribution in [0.4, 0.5) is 0 Å². The first-order valence-corrected chi connectivity index (χ1v) is 7.03. The molecule has 0 heteroatoms. The molecule has 0 spiro atoms. The predicted octanol–water partition coefficient (Wildman–Crippen LogP) is 5.49. The monoisotopic (exact) mass is 258 g/mol. The van der Waals surface area contributed by atoms with E-state index in [1.807, 2.05) is 0 Å². The summed E-state index contributed by atoms with van der Waals surface area (Å²) in [4.78, 5) is 0. The van der Waals surface area contributed by atoms with E-state index in [-0.39, 0.29) is 0 Å². The van der Waals surface area contributed by atoms with Crippen molar-refractivity contribution in [3.8, 4) is 0 Å². The second-order valence-corrected chi connectivity index (χ2v) is 5.14. The topological polar surface area (TPSA) is 0 Å². The van der Waals surface area contributed by atoms with E-state index in [1.165, 1.54) is 27.5 Å². The molecule has 0 aliphatic carbocycles. The normalized spacial score (nSPS) is 11.8. The molecule has 0 aliphatic rings. The summed E-state index contributed by atoms with van der Waals surface area (Å²) in [5.41, 5.74) is 3.99. The van der Waals surface area contributed by atoms with Crippen molar-refractivity contribution in [2.75, 3.05) is 0 Å². The fourth-order valence-corrected chi connectivity index (χ4v) is 2.44. The highest BCUT2D eigenvalue weighted by Crippen LogP contribution is 2.21. The molecule has 0 nitrogen and oxygen atoms in total. The van der Waals surface area contributed by atoms with Crippen LogP contribution in [0.1, 0.15) is 18.1 Å². The Morgan fingerprint density at radius 2 is 1.50 bits per heavy atom. The van der Waals surface area contributed by atoms with Gasteiger partial charge in [-0.05, 0) is 46.9 Å². The maximum absolute atomic E-state index is 2.30. The highest BCUT2D eigenvalue weighted by molar-refractivity contribution is 5.86. The minimum absolute atomic E-state index is 0.986. The fourth-order valence-electron chi connectivity index (χ4n) is 2.44. The Labute approximate surface area is 120 Å². The number of allylic oxidation sites excluding steroid dienone is 2. The maximum Gasteiger partial charge on any atom is -0.00915 e. The molecule has 0 heterocycles. The molecule has 0 amide bonds. The minimum Gasteiger partial charge on any atom is -0.0766 e. The van der Waals surface area contributed by atoms with E-state index in [0.29, 0.717) is 0 Å². The molecular weight excluding hydrogens is 240 g/mol. The molecule has 0 saturated carbocycles. The van der Waals surface area contributed by atoms with Gasteiger partial charge >= 0.3 is 0 Å². The van der Waals surface area contributed by atoms with Crippen LogP contribution in [0.15, 0.2) is 78.9 Å². The second kappa shape index (κ2) is 5.75. The van der Waals surface area contributed by atoms with Crippen molar-refractivity contribution < 1.29 is 0 Å². The van der Waals surface area contributed by atoms with Crippen molar-refractivity contribution in [2.24, 2.45) is 0 Å². The fraction of sp³-hybridized carbons (Fsp3) is 0.100. The van der Waals surface area contributed by atoms with Gasteiger partial charge < -0.3 is 0 Å². The van der Waals surface area contributed by atoms with Crippen LogP contribution in [0.2, 0.25) is 0 Å². The lowest BCUT2D eigenvalue weighted by Gasteiger charge is -2.05. The minimum atomic E-state index is 0.986. The molecule has 0 N–H and O–H groups in total. The summed E-state index contributed by atoms with van der Waals surface area (Å²) in [5.74, 6) is 0. The van der Waals surface area contributed by atoms with Crippen molar-refractivity contribution in [1.82, 2.24) is 0 Å². The third-order valence-corrected chi connectivity index (χ3v) is 3.69. The molecule has 20 heavy (non-hydrogen) atoms. The van der Waals surface area contributed by atoms with Crippen LogP contribution in [-0.4, -0.2) is 0 Å². The Morgan fingerprint density at radius 3 is 2.30 bits per heavy atom. The molecular formula is C20H18. The standard InChI is InChI=1S/C20H18/c1-16(11-12-17-7-3-2-4-8-17)19-14-13-18-9-5-6-10-20(18)15-19/h2-11,13-15H,12H2,1H3/b16-11+. The zero-order valence-electron chi connectivity index (χ0n) is 11.7. The van der Waals surface area contributed by atoms with E-state index >= 15 is 0 Å². The molecule has 0 saturated heterocycles. The molecule has 0 fully saturated rings. The van der Waals surface area contributed by atoms with Gasteiger partial charge in [-0.25, -0.2) is 0 Å². The third kappa shape index (κ3) is 2.80. The van der Waals surface area contributed by atoms with Crippen LogP contribution in [-0.2, 0) is 6.42 Å². The average molecular weight is 258 g/mol. The summed E-state index contributed by atoms with van der Waals surface area (Å²) in [5, 5.41) is 2.60. The SMILES string of the molecule is C/C(=C\Cc1ccccc1)c1ccc2ccccc2c1. The smallest absolute Gasteiger partial charge is 0.00915 e. The Kier molecular flexibility index (Phi) is 3.64. The van der Waals surface area contributed by atoms with Crippen molar-refractivity contribution in [3.05, 3.63) is 90.0 Å². The van der Waals surface area contributed by atoms with E-state index in [9.17, 15) is 0 Å². The van der Waals surface area contributed by atoms with Gasteiger partial charge in [0.2, 0.25) is 0 Å². The number of benzene rings is 3. The summed E-state index contributed by atoms with van der Waals surface area (Å²) in [7, 11) is 0. The van der Waals surface area contributed by atoms with Gasteiger partial charge in [-0.2, -0.15) is 0 Å². The summed E-state index contributed by atoms with van der Waals surface area (Å²) in [6.07, 6.45) is 3.29. The van der Waals surface area contributed by atoms with Gasteiger partial charge in [0, 0.05) is 0 Å². The highest BCUT2D eigenvalue weighted by atomic mass is 14.0. The van der Waals surface area contributed by atoms with Crippen LogP contribution in [0.5, 0.6) is 0 Å². The van der Waals surface area contributed by atoms with Gasteiger partial charge in [0.05, 0.1) is 0 Å². The molecule has 98 valence electrons.